The van der Waals surface area contributed by atoms with E-state index in [9.17, 15) is 0 Å². The van der Waals surface area contributed by atoms with Crippen molar-refractivity contribution in [3.05, 3.63) is 17.5 Å². The normalized spacial score (nSPS) is 19.1. The van der Waals surface area contributed by atoms with Crippen molar-refractivity contribution in [1.29, 1.82) is 0 Å². The van der Waals surface area contributed by atoms with E-state index in [4.69, 9.17) is 11.6 Å². The summed E-state index contributed by atoms with van der Waals surface area (Å²) in [5.41, 5.74) is 0.421. The molecule has 0 aromatic carbocycles. The van der Waals surface area contributed by atoms with Crippen LogP contribution < -0.4 is 5.32 Å². The molecule has 1 aliphatic rings. The van der Waals surface area contributed by atoms with Crippen molar-refractivity contribution in [2.75, 3.05) is 11.9 Å². The van der Waals surface area contributed by atoms with Gasteiger partial charge in [0.05, 0.1) is 12.4 Å². The zero-order chi connectivity index (χ0) is 10.7. The minimum atomic E-state index is 0.421. The Morgan fingerprint density at radius 2 is 2.13 bits per heavy atom. The Kier molecular flexibility index (Phi) is 3.10. The third-order valence-electron chi connectivity index (χ3n) is 3.11. The lowest BCUT2D eigenvalue weighted by molar-refractivity contribution is 0.361. The van der Waals surface area contributed by atoms with Crippen molar-refractivity contribution in [2.24, 2.45) is 5.41 Å². The summed E-state index contributed by atoms with van der Waals surface area (Å²) in [6.07, 6.45) is 8.55. The fraction of sp³-hybridized carbons (Fsp3) is 0.636. The van der Waals surface area contributed by atoms with E-state index in [2.05, 4.69) is 22.2 Å². The maximum absolute atomic E-state index is 5.76. The highest BCUT2D eigenvalue weighted by atomic mass is 35.5. The molecular formula is C11H16ClN3. The Hall–Kier alpha value is -0.830. The van der Waals surface area contributed by atoms with Gasteiger partial charge < -0.3 is 5.32 Å². The van der Waals surface area contributed by atoms with Gasteiger partial charge in [0.25, 0.3) is 0 Å². The molecule has 1 heterocycles. The third-order valence-corrected chi connectivity index (χ3v) is 3.29. The monoisotopic (exact) mass is 225 g/mol. The van der Waals surface area contributed by atoms with Crippen molar-refractivity contribution >= 4 is 17.4 Å². The summed E-state index contributed by atoms with van der Waals surface area (Å²) in [5.74, 6) is 0.774. The molecular weight excluding hydrogens is 210 g/mol. The SMILES string of the molecule is CC1(CNc2cncc(Cl)n2)CCCC1. The van der Waals surface area contributed by atoms with Crippen LogP contribution in [0, 0.1) is 5.41 Å². The van der Waals surface area contributed by atoms with Crippen molar-refractivity contribution < 1.29 is 0 Å². The smallest absolute Gasteiger partial charge is 0.149 e. The number of hydrogen-bond donors (Lipinski definition) is 1. The van der Waals surface area contributed by atoms with E-state index in [0.29, 0.717) is 10.6 Å². The molecule has 3 nitrogen and oxygen atoms in total. The molecule has 0 amide bonds. The van der Waals surface area contributed by atoms with Gasteiger partial charge in [-0.15, -0.1) is 0 Å². The molecule has 0 saturated heterocycles. The Morgan fingerprint density at radius 1 is 1.40 bits per heavy atom. The third kappa shape index (κ3) is 2.81. The lowest BCUT2D eigenvalue weighted by atomic mass is 9.89. The van der Waals surface area contributed by atoms with Gasteiger partial charge in [-0.1, -0.05) is 31.4 Å². The lowest BCUT2D eigenvalue weighted by Gasteiger charge is -2.23. The van der Waals surface area contributed by atoms with E-state index in [-0.39, 0.29) is 0 Å². The fourth-order valence-corrected chi connectivity index (χ4v) is 2.28. The van der Waals surface area contributed by atoms with Gasteiger partial charge in [0.2, 0.25) is 0 Å². The second kappa shape index (κ2) is 4.35. The van der Waals surface area contributed by atoms with Crippen LogP contribution in [0.25, 0.3) is 0 Å². The van der Waals surface area contributed by atoms with Gasteiger partial charge in [0.1, 0.15) is 11.0 Å². The van der Waals surface area contributed by atoms with Gasteiger partial charge in [0.15, 0.2) is 0 Å². The molecule has 0 spiro atoms. The number of hydrogen-bond acceptors (Lipinski definition) is 3. The summed E-state index contributed by atoms with van der Waals surface area (Å²) in [5, 5.41) is 3.75. The molecule has 0 aliphatic heterocycles. The van der Waals surface area contributed by atoms with Crippen LogP contribution in [0.15, 0.2) is 12.4 Å². The molecule has 1 aliphatic carbocycles. The first kappa shape index (κ1) is 10.7. The van der Waals surface area contributed by atoms with E-state index in [0.717, 1.165) is 12.4 Å². The van der Waals surface area contributed by atoms with Crippen LogP contribution in [0.5, 0.6) is 0 Å². The van der Waals surface area contributed by atoms with E-state index < -0.39 is 0 Å². The lowest BCUT2D eigenvalue weighted by Crippen LogP contribution is -2.23. The predicted octanol–water partition coefficient (Wildman–Crippen LogP) is 3.12. The largest absolute Gasteiger partial charge is 0.368 e. The molecule has 0 bridgehead atoms. The van der Waals surface area contributed by atoms with E-state index in [1.165, 1.54) is 25.7 Å². The zero-order valence-electron chi connectivity index (χ0n) is 8.96. The summed E-state index contributed by atoms with van der Waals surface area (Å²) >= 11 is 5.76. The first-order valence-electron chi connectivity index (χ1n) is 5.39. The quantitative estimate of drug-likeness (QED) is 0.859. The topological polar surface area (TPSA) is 37.8 Å². The molecule has 0 atom stereocenters. The van der Waals surface area contributed by atoms with Crippen LogP contribution in [0.1, 0.15) is 32.6 Å². The van der Waals surface area contributed by atoms with Crippen molar-refractivity contribution in [3.8, 4) is 0 Å². The standard InChI is InChI=1S/C11H16ClN3/c1-11(4-2-3-5-11)8-14-10-7-13-6-9(12)15-10/h6-7H,2-5,8H2,1H3,(H,14,15). The highest BCUT2D eigenvalue weighted by Gasteiger charge is 2.28. The van der Waals surface area contributed by atoms with Crippen LogP contribution >= 0.6 is 11.6 Å². The van der Waals surface area contributed by atoms with Gasteiger partial charge in [0, 0.05) is 6.54 Å². The van der Waals surface area contributed by atoms with Crippen LogP contribution in [-0.4, -0.2) is 16.5 Å². The zero-order valence-corrected chi connectivity index (χ0v) is 9.72. The van der Waals surface area contributed by atoms with Crippen molar-refractivity contribution in [2.45, 2.75) is 32.6 Å². The van der Waals surface area contributed by atoms with Gasteiger partial charge >= 0.3 is 0 Å². The number of aromatic nitrogens is 2. The summed E-state index contributed by atoms with van der Waals surface area (Å²) in [6, 6.07) is 0. The molecule has 82 valence electrons. The van der Waals surface area contributed by atoms with Crippen molar-refractivity contribution in [1.82, 2.24) is 9.97 Å². The molecule has 1 aromatic heterocycles. The molecule has 1 aromatic rings. The number of nitrogens with one attached hydrogen (secondary N) is 1. The number of anilines is 1. The maximum atomic E-state index is 5.76. The average Bonchev–Trinajstić information content (AvgIpc) is 2.63. The number of rotatable bonds is 3. The second-order valence-electron chi connectivity index (χ2n) is 4.60. The predicted molar refractivity (Wildman–Crippen MR) is 62.1 cm³/mol. The van der Waals surface area contributed by atoms with Gasteiger partial charge in [-0.05, 0) is 18.3 Å². The van der Waals surface area contributed by atoms with E-state index in [1.807, 2.05) is 0 Å². The highest BCUT2D eigenvalue weighted by Crippen LogP contribution is 2.37. The maximum Gasteiger partial charge on any atom is 0.149 e. The number of halogens is 1. The molecule has 4 heteroatoms. The Bertz CT molecular complexity index is 334. The Balaban J connectivity index is 1.92. The molecule has 0 unspecified atom stereocenters. The van der Waals surface area contributed by atoms with Crippen LogP contribution in [-0.2, 0) is 0 Å². The minimum Gasteiger partial charge on any atom is -0.368 e. The van der Waals surface area contributed by atoms with Gasteiger partial charge in [-0.2, -0.15) is 0 Å². The summed E-state index contributed by atoms with van der Waals surface area (Å²) in [4.78, 5) is 8.15. The van der Waals surface area contributed by atoms with Gasteiger partial charge in [-0.3, -0.25) is 4.98 Å². The van der Waals surface area contributed by atoms with Crippen LogP contribution in [0.4, 0.5) is 5.82 Å². The summed E-state index contributed by atoms with van der Waals surface area (Å²) in [6.45, 7) is 3.28. The summed E-state index contributed by atoms with van der Waals surface area (Å²) in [7, 11) is 0. The Labute approximate surface area is 95.3 Å². The average molecular weight is 226 g/mol. The molecule has 1 fully saturated rings. The first-order chi connectivity index (χ1) is 7.18. The van der Waals surface area contributed by atoms with Gasteiger partial charge in [-0.25, -0.2) is 4.98 Å². The molecule has 1 N–H and O–H groups in total. The number of nitrogens with zero attached hydrogens (tertiary/aromatic N) is 2. The van der Waals surface area contributed by atoms with Crippen LogP contribution in [0.3, 0.4) is 0 Å². The molecule has 15 heavy (non-hydrogen) atoms. The van der Waals surface area contributed by atoms with E-state index >= 15 is 0 Å². The second-order valence-corrected chi connectivity index (χ2v) is 4.99. The van der Waals surface area contributed by atoms with E-state index in [1.54, 1.807) is 12.4 Å². The summed E-state index contributed by atoms with van der Waals surface area (Å²) < 4.78 is 0. The fourth-order valence-electron chi connectivity index (χ4n) is 2.14. The minimum absolute atomic E-state index is 0.421. The Morgan fingerprint density at radius 3 is 2.80 bits per heavy atom. The highest BCUT2D eigenvalue weighted by molar-refractivity contribution is 6.29. The first-order valence-corrected chi connectivity index (χ1v) is 5.77. The molecule has 0 radical (unpaired) electrons. The van der Waals surface area contributed by atoms with Crippen LogP contribution in [0.2, 0.25) is 5.15 Å². The molecule has 1 saturated carbocycles. The van der Waals surface area contributed by atoms with Crippen molar-refractivity contribution in [3.63, 3.8) is 0 Å². The molecule has 2 rings (SSSR count).